The molecule has 6 rings (SSSR count). The van der Waals surface area contributed by atoms with Crippen LogP contribution in [0, 0.1) is 23.7 Å². The number of hydrogen-bond donors (Lipinski definition) is 0. The molecule has 0 unspecified atom stereocenters. The van der Waals surface area contributed by atoms with Gasteiger partial charge in [0.1, 0.15) is 0 Å². The molecule has 0 N–H and O–H groups in total. The van der Waals surface area contributed by atoms with E-state index < -0.39 is 17.8 Å². The maximum absolute atomic E-state index is 13.8. The van der Waals surface area contributed by atoms with Crippen LogP contribution in [0.5, 0.6) is 0 Å². The number of benzene rings is 3. The predicted octanol–water partition coefficient (Wildman–Crippen LogP) is 5.68. The second-order valence-corrected chi connectivity index (χ2v) is 10.1. The molecular weight excluding hydrogens is 462 g/mol. The van der Waals surface area contributed by atoms with E-state index >= 15 is 0 Å². The van der Waals surface area contributed by atoms with Crippen LogP contribution in [0.15, 0.2) is 103 Å². The van der Waals surface area contributed by atoms with Crippen molar-refractivity contribution in [3.63, 3.8) is 0 Å². The van der Waals surface area contributed by atoms with Gasteiger partial charge in [0, 0.05) is 11.8 Å². The van der Waals surface area contributed by atoms with E-state index in [1.807, 2.05) is 36.4 Å². The number of carbonyl (C=O) groups excluding carboxylic acids is 3. The first-order valence-corrected chi connectivity index (χ1v) is 12.7. The van der Waals surface area contributed by atoms with E-state index in [9.17, 15) is 14.4 Å². The zero-order valence-corrected chi connectivity index (χ0v) is 20.7. The molecule has 4 atom stereocenters. The van der Waals surface area contributed by atoms with Crippen LogP contribution < -0.4 is 4.90 Å². The number of anilines is 1. The number of carbonyl (C=O) groups is 3. The van der Waals surface area contributed by atoms with Crippen molar-refractivity contribution >= 4 is 29.0 Å². The molecule has 0 spiro atoms. The number of ether oxygens (including phenoxy) is 1. The Bertz CT molecular complexity index is 1380. The van der Waals surface area contributed by atoms with E-state index in [2.05, 4.69) is 36.4 Å². The zero-order valence-electron chi connectivity index (χ0n) is 20.7. The van der Waals surface area contributed by atoms with Crippen molar-refractivity contribution in [3.8, 4) is 0 Å². The van der Waals surface area contributed by atoms with Crippen LogP contribution in [0.4, 0.5) is 5.69 Å². The lowest BCUT2D eigenvalue weighted by Crippen LogP contribution is -2.33. The molecule has 0 aromatic heterocycles. The summed E-state index contributed by atoms with van der Waals surface area (Å²) in [7, 11) is 0. The summed E-state index contributed by atoms with van der Waals surface area (Å²) in [6, 6.07) is 27.0. The van der Waals surface area contributed by atoms with Crippen molar-refractivity contribution in [2.24, 2.45) is 23.7 Å². The van der Waals surface area contributed by atoms with E-state index in [0.717, 1.165) is 22.3 Å². The number of amides is 2. The van der Waals surface area contributed by atoms with Crippen LogP contribution in [-0.2, 0) is 14.3 Å². The van der Waals surface area contributed by atoms with Gasteiger partial charge in [-0.2, -0.15) is 0 Å². The van der Waals surface area contributed by atoms with E-state index in [-0.39, 0.29) is 29.8 Å². The van der Waals surface area contributed by atoms with Gasteiger partial charge >= 0.3 is 5.97 Å². The lowest BCUT2D eigenvalue weighted by Gasteiger charge is -2.22. The van der Waals surface area contributed by atoms with Crippen molar-refractivity contribution in [2.75, 3.05) is 4.90 Å². The van der Waals surface area contributed by atoms with Gasteiger partial charge in [-0.25, -0.2) is 9.69 Å². The van der Waals surface area contributed by atoms with E-state index in [1.54, 1.807) is 38.1 Å². The summed E-state index contributed by atoms with van der Waals surface area (Å²) in [5, 5.41) is 0. The minimum Gasteiger partial charge on any atom is -0.459 e. The summed E-state index contributed by atoms with van der Waals surface area (Å²) in [5.74, 6) is -2.10. The third-order valence-corrected chi connectivity index (χ3v) is 7.51. The molecule has 184 valence electrons. The lowest BCUT2D eigenvalue weighted by molar-refractivity contribution is -0.122. The Balaban J connectivity index is 1.40. The summed E-state index contributed by atoms with van der Waals surface area (Å²) in [6.07, 6.45) is 3.93. The summed E-state index contributed by atoms with van der Waals surface area (Å²) in [5.41, 5.74) is 5.13. The van der Waals surface area contributed by atoms with E-state index in [4.69, 9.17) is 4.74 Å². The Labute approximate surface area is 216 Å². The number of hydrogen-bond acceptors (Lipinski definition) is 4. The van der Waals surface area contributed by atoms with Gasteiger partial charge in [-0.15, -0.1) is 0 Å². The number of esters is 1. The molecule has 0 radical (unpaired) electrons. The van der Waals surface area contributed by atoms with Gasteiger partial charge in [0.25, 0.3) is 0 Å². The highest BCUT2D eigenvalue weighted by atomic mass is 16.5. The molecule has 3 aliphatic rings. The first-order valence-electron chi connectivity index (χ1n) is 12.7. The SMILES string of the molecule is CC(C)OC(=O)c1cccc(N2C(=O)[C@@H]3[C@@H](C2=O)[C@H]2C=C[C@H]3C2=C(c2ccccc2)c2ccccc2)c1. The first kappa shape index (κ1) is 23.2. The topological polar surface area (TPSA) is 63.7 Å². The van der Waals surface area contributed by atoms with Gasteiger partial charge in [-0.05, 0) is 54.3 Å². The fourth-order valence-corrected chi connectivity index (χ4v) is 6.11. The molecule has 1 heterocycles. The van der Waals surface area contributed by atoms with Crippen LogP contribution in [0.1, 0.15) is 35.3 Å². The fourth-order valence-electron chi connectivity index (χ4n) is 6.11. The van der Waals surface area contributed by atoms with Gasteiger partial charge in [0.05, 0.1) is 29.2 Å². The maximum Gasteiger partial charge on any atom is 0.338 e. The number of rotatable bonds is 5. The van der Waals surface area contributed by atoms with Crippen molar-refractivity contribution in [1.82, 2.24) is 0 Å². The molecule has 37 heavy (non-hydrogen) atoms. The van der Waals surface area contributed by atoms with Crippen LogP contribution in [0.2, 0.25) is 0 Å². The molecule has 2 amide bonds. The molecule has 2 bridgehead atoms. The molecule has 3 aromatic carbocycles. The molecule has 1 aliphatic heterocycles. The quantitative estimate of drug-likeness (QED) is 0.263. The smallest absolute Gasteiger partial charge is 0.338 e. The van der Waals surface area contributed by atoms with Crippen LogP contribution in [0.3, 0.4) is 0 Å². The molecular formula is C32H27NO4. The van der Waals surface area contributed by atoms with E-state index in [0.29, 0.717) is 11.3 Å². The summed E-state index contributed by atoms with van der Waals surface area (Å²) >= 11 is 0. The Morgan fingerprint density at radius 3 is 1.76 bits per heavy atom. The molecule has 3 aromatic rings. The Hall–Kier alpha value is -4.25. The Kier molecular flexibility index (Phi) is 5.64. The highest BCUT2D eigenvalue weighted by Crippen LogP contribution is 2.58. The van der Waals surface area contributed by atoms with Gasteiger partial charge in [0.15, 0.2) is 0 Å². The normalized spacial score (nSPS) is 23.6. The van der Waals surface area contributed by atoms with Gasteiger partial charge in [-0.1, -0.05) is 78.9 Å². The summed E-state index contributed by atoms with van der Waals surface area (Å²) in [6.45, 7) is 3.56. The van der Waals surface area contributed by atoms with Crippen LogP contribution >= 0.6 is 0 Å². The average molecular weight is 490 g/mol. The molecule has 2 fully saturated rings. The zero-order chi connectivity index (χ0) is 25.7. The maximum atomic E-state index is 13.8. The monoisotopic (exact) mass is 489 g/mol. The number of allylic oxidation sites excluding steroid dienone is 3. The second-order valence-electron chi connectivity index (χ2n) is 10.1. The third-order valence-electron chi connectivity index (χ3n) is 7.51. The lowest BCUT2D eigenvalue weighted by atomic mass is 9.85. The first-order chi connectivity index (χ1) is 18.0. The number of imide groups is 1. The molecule has 1 saturated heterocycles. The van der Waals surface area contributed by atoms with E-state index in [1.165, 1.54) is 4.90 Å². The highest BCUT2D eigenvalue weighted by Gasteiger charge is 2.62. The third kappa shape index (κ3) is 3.73. The van der Waals surface area contributed by atoms with Gasteiger partial charge in [-0.3, -0.25) is 9.59 Å². The second kappa shape index (κ2) is 9.00. The van der Waals surface area contributed by atoms with Crippen molar-refractivity contribution in [3.05, 3.63) is 119 Å². The number of nitrogens with zero attached hydrogens (tertiary/aromatic N) is 1. The molecule has 5 heteroatoms. The molecule has 5 nitrogen and oxygen atoms in total. The minimum absolute atomic E-state index is 0.152. The summed E-state index contributed by atoms with van der Waals surface area (Å²) in [4.78, 5) is 41.4. The van der Waals surface area contributed by atoms with Crippen molar-refractivity contribution in [1.29, 1.82) is 0 Å². The Morgan fingerprint density at radius 1 is 0.730 bits per heavy atom. The summed E-state index contributed by atoms with van der Waals surface area (Å²) < 4.78 is 5.31. The van der Waals surface area contributed by atoms with Gasteiger partial charge in [0.2, 0.25) is 11.8 Å². The van der Waals surface area contributed by atoms with Crippen molar-refractivity contribution in [2.45, 2.75) is 20.0 Å². The van der Waals surface area contributed by atoms with Gasteiger partial charge < -0.3 is 4.74 Å². The van der Waals surface area contributed by atoms with Crippen LogP contribution in [-0.4, -0.2) is 23.9 Å². The fraction of sp³-hybridized carbons (Fsp3) is 0.219. The largest absolute Gasteiger partial charge is 0.459 e. The van der Waals surface area contributed by atoms with Crippen LogP contribution in [0.25, 0.3) is 5.57 Å². The molecule has 1 saturated carbocycles. The Morgan fingerprint density at radius 2 is 1.24 bits per heavy atom. The highest BCUT2D eigenvalue weighted by molar-refractivity contribution is 6.23. The van der Waals surface area contributed by atoms with Crippen molar-refractivity contribution < 1.29 is 19.1 Å². The predicted molar refractivity (Wildman–Crippen MR) is 141 cm³/mol. The molecule has 2 aliphatic carbocycles. The average Bonchev–Trinajstić information content (AvgIpc) is 3.54. The minimum atomic E-state index is -0.474. The standard InChI is InChI=1S/C32H27NO4/c1-19(2)37-32(36)22-14-9-15-23(18-22)33-30(34)28-24-16-17-25(29(28)31(33)35)27(24)26(20-10-5-3-6-11-20)21-12-7-4-8-13-21/h3-19,24-25,28-29H,1-2H3/t24-,25-,28-,29-/m0/s1. The number of fused-ring (bicyclic) bond motifs is 5.